The standard InChI is InChI=1S/C20H31N3O3S/c1-4-6-13-23(14-7-5-2)16(3)15-22-27(25,26)19-10-8-9-18-17(19)11-12-21-20(18)24/h8-12,16,22H,4-7,13-15H2,1-3H3,(H,21,24). The van der Waals surface area contributed by atoms with Gasteiger partial charge in [0.05, 0.1) is 4.90 Å². The van der Waals surface area contributed by atoms with Gasteiger partial charge in [0.25, 0.3) is 5.56 Å². The molecule has 7 heteroatoms. The highest BCUT2D eigenvalue weighted by Crippen LogP contribution is 2.20. The van der Waals surface area contributed by atoms with Crippen LogP contribution < -0.4 is 10.3 Å². The second-order valence-electron chi connectivity index (χ2n) is 6.97. The molecule has 1 aromatic carbocycles. The normalized spacial score (nSPS) is 13.3. The molecule has 0 saturated heterocycles. The second kappa shape index (κ2) is 10.0. The number of unbranched alkanes of at least 4 members (excludes halogenated alkanes) is 2. The lowest BCUT2D eigenvalue weighted by molar-refractivity contribution is 0.203. The molecule has 2 N–H and O–H groups in total. The maximum atomic E-state index is 12.9. The lowest BCUT2D eigenvalue weighted by Crippen LogP contribution is -2.43. The number of benzene rings is 1. The largest absolute Gasteiger partial charge is 0.329 e. The molecule has 1 heterocycles. The van der Waals surface area contributed by atoms with Gasteiger partial charge in [-0.05, 0) is 51.1 Å². The molecule has 27 heavy (non-hydrogen) atoms. The van der Waals surface area contributed by atoms with Crippen LogP contribution in [0.1, 0.15) is 46.5 Å². The third-order valence-corrected chi connectivity index (χ3v) is 6.34. The van der Waals surface area contributed by atoms with Gasteiger partial charge in [-0.25, -0.2) is 13.1 Å². The molecular weight excluding hydrogens is 362 g/mol. The number of sulfonamides is 1. The van der Waals surface area contributed by atoms with Gasteiger partial charge in [-0.15, -0.1) is 0 Å². The number of hydrogen-bond donors (Lipinski definition) is 2. The van der Waals surface area contributed by atoms with Gasteiger partial charge in [-0.2, -0.15) is 0 Å². The molecule has 0 amide bonds. The first-order chi connectivity index (χ1) is 12.9. The number of hydrogen-bond acceptors (Lipinski definition) is 4. The van der Waals surface area contributed by atoms with E-state index in [-0.39, 0.29) is 16.5 Å². The average Bonchev–Trinajstić information content (AvgIpc) is 2.66. The lowest BCUT2D eigenvalue weighted by Gasteiger charge is -2.29. The van der Waals surface area contributed by atoms with Gasteiger partial charge in [0.1, 0.15) is 0 Å². The van der Waals surface area contributed by atoms with Crippen LogP contribution in [0, 0.1) is 0 Å². The highest BCUT2D eigenvalue weighted by Gasteiger charge is 2.20. The highest BCUT2D eigenvalue weighted by molar-refractivity contribution is 7.89. The van der Waals surface area contributed by atoms with E-state index < -0.39 is 10.0 Å². The quantitative estimate of drug-likeness (QED) is 0.615. The van der Waals surface area contributed by atoms with Crippen molar-refractivity contribution in [3.8, 4) is 0 Å². The van der Waals surface area contributed by atoms with Crippen LogP contribution in [0.25, 0.3) is 10.8 Å². The van der Waals surface area contributed by atoms with Crippen molar-refractivity contribution in [1.29, 1.82) is 0 Å². The van der Waals surface area contributed by atoms with Crippen molar-refractivity contribution < 1.29 is 8.42 Å². The molecule has 2 aromatic rings. The number of nitrogens with one attached hydrogen (secondary N) is 2. The Hall–Kier alpha value is -1.70. The molecule has 1 aromatic heterocycles. The number of fused-ring (bicyclic) bond motifs is 1. The van der Waals surface area contributed by atoms with E-state index in [2.05, 4.69) is 35.4 Å². The van der Waals surface area contributed by atoms with Crippen molar-refractivity contribution in [2.75, 3.05) is 19.6 Å². The van der Waals surface area contributed by atoms with Crippen LogP contribution >= 0.6 is 0 Å². The molecule has 0 spiro atoms. The minimum atomic E-state index is -3.70. The van der Waals surface area contributed by atoms with Gasteiger partial charge in [0.2, 0.25) is 10.0 Å². The zero-order valence-corrected chi connectivity index (χ0v) is 17.3. The van der Waals surface area contributed by atoms with Crippen molar-refractivity contribution in [1.82, 2.24) is 14.6 Å². The van der Waals surface area contributed by atoms with Crippen LogP contribution in [0.5, 0.6) is 0 Å². The smallest absolute Gasteiger partial charge is 0.255 e. The topological polar surface area (TPSA) is 82.3 Å². The number of pyridine rings is 1. The van der Waals surface area contributed by atoms with E-state index in [0.29, 0.717) is 17.3 Å². The first-order valence-electron chi connectivity index (χ1n) is 9.74. The summed E-state index contributed by atoms with van der Waals surface area (Å²) in [6.45, 7) is 8.67. The summed E-state index contributed by atoms with van der Waals surface area (Å²) < 4.78 is 28.5. The summed E-state index contributed by atoms with van der Waals surface area (Å²) in [4.78, 5) is 17.0. The molecule has 0 fully saturated rings. The van der Waals surface area contributed by atoms with Gasteiger partial charge in [0.15, 0.2) is 0 Å². The number of nitrogens with zero attached hydrogens (tertiary/aromatic N) is 1. The van der Waals surface area contributed by atoms with E-state index in [9.17, 15) is 13.2 Å². The predicted molar refractivity (Wildman–Crippen MR) is 111 cm³/mol. The van der Waals surface area contributed by atoms with Crippen LogP contribution in [-0.2, 0) is 10.0 Å². The minimum absolute atomic E-state index is 0.108. The molecular formula is C20H31N3O3S. The molecule has 2 rings (SSSR count). The highest BCUT2D eigenvalue weighted by atomic mass is 32.2. The van der Waals surface area contributed by atoms with Crippen LogP contribution in [0.2, 0.25) is 0 Å². The van der Waals surface area contributed by atoms with Gasteiger partial charge in [0, 0.05) is 29.6 Å². The Morgan fingerprint density at radius 3 is 2.37 bits per heavy atom. The molecule has 0 saturated carbocycles. The first kappa shape index (κ1) is 21.6. The summed E-state index contributed by atoms with van der Waals surface area (Å²) in [5.41, 5.74) is -0.289. The Balaban J connectivity index is 2.16. The Morgan fingerprint density at radius 1 is 1.07 bits per heavy atom. The average molecular weight is 394 g/mol. The third-order valence-electron chi connectivity index (χ3n) is 4.85. The summed E-state index contributed by atoms with van der Waals surface area (Å²) >= 11 is 0. The van der Waals surface area contributed by atoms with E-state index in [1.165, 1.54) is 6.20 Å². The molecule has 0 aliphatic heterocycles. The number of H-pyrrole nitrogens is 1. The molecule has 0 aliphatic rings. The number of rotatable bonds is 11. The summed E-state index contributed by atoms with van der Waals surface area (Å²) in [6.07, 6.45) is 5.92. The third kappa shape index (κ3) is 5.64. The number of aromatic nitrogens is 1. The summed E-state index contributed by atoms with van der Waals surface area (Å²) in [6, 6.07) is 6.51. The van der Waals surface area contributed by atoms with E-state index in [4.69, 9.17) is 0 Å². The Kier molecular flexibility index (Phi) is 8.01. The van der Waals surface area contributed by atoms with Gasteiger partial charge < -0.3 is 4.98 Å². The summed E-state index contributed by atoms with van der Waals surface area (Å²) in [5.74, 6) is 0. The van der Waals surface area contributed by atoms with Crippen LogP contribution in [0.3, 0.4) is 0 Å². The fourth-order valence-electron chi connectivity index (χ4n) is 3.14. The zero-order valence-electron chi connectivity index (χ0n) is 16.5. The van der Waals surface area contributed by atoms with Crippen LogP contribution in [0.4, 0.5) is 0 Å². The summed E-state index contributed by atoms with van der Waals surface area (Å²) in [5, 5.41) is 0.816. The van der Waals surface area contributed by atoms with E-state index in [0.717, 1.165) is 38.8 Å². The Labute approximate surface area is 162 Å². The molecule has 150 valence electrons. The second-order valence-corrected chi connectivity index (χ2v) is 8.70. The predicted octanol–water partition coefficient (Wildman–Crippen LogP) is 3.10. The monoisotopic (exact) mass is 393 g/mol. The Bertz CT molecular complexity index is 885. The van der Waals surface area contributed by atoms with Crippen LogP contribution in [0.15, 0.2) is 40.2 Å². The fraction of sp³-hybridized carbons (Fsp3) is 0.550. The first-order valence-corrected chi connectivity index (χ1v) is 11.2. The molecule has 6 nitrogen and oxygen atoms in total. The van der Waals surface area contributed by atoms with E-state index >= 15 is 0 Å². The maximum absolute atomic E-state index is 12.9. The zero-order chi connectivity index (χ0) is 19.9. The van der Waals surface area contributed by atoms with Crippen molar-refractivity contribution in [2.24, 2.45) is 0 Å². The molecule has 0 aliphatic carbocycles. The molecule has 1 unspecified atom stereocenters. The molecule has 0 radical (unpaired) electrons. The maximum Gasteiger partial charge on any atom is 0.255 e. The molecule has 0 bridgehead atoms. The SMILES string of the molecule is CCCCN(CCCC)C(C)CNS(=O)(=O)c1cccc2c(=O)[nH]ccc12. The van der Waals surface area contributed by atoms with Crippen molar-refractivity contribution in [3.05, 3.63) is 40.8 Å². The summed E-state index contributed by atoms with van der Waals surface area (Å²) in [7, 11) is -3.70. The van der Waals surface area contributed by atoms with Crippen molar-refractivity contribution in [2.45, 2.75) is 57.4 Å². The van der Waals surface area contributed by atoms with Crippen molar-refractivity contribution in [3.63, 3.8) is 0 Å². The number of aromatic amines is 1. The molecule has 1 atom stereocenters. The Morgan fingerprint density at radius 2 is 1.74 bits per heavy atom. The van der Waals surface area contributed by atoms with Gasteiger partial charge in [-0.3, -0.25) is 9.69 Å². The van der Waals surface area contributed by atoms with Gasteiger partial charge >= 0.3 is 0 Å². The van der Waals surface area contributed by atoms with Gasteiger partial charge in [-0.1, -0.05) is 32.8 Å². The van der Waals surface area contributed by atoms with E-state index in [1.54, 1.807) is 24.3 Å². The van der Waals surface area contributed by atoms with E-state index in [1.807, 2.05) is 0 Å². The minimum Gasteiger partial charge on any atom is -0.329 e. The fourth-order valence-corrected chi connectivity index (χ4v) is 4.48. The van der Waals surface area contributed by atoms with Crippen LogP contribution in [-0.4, -0.2) is 44.0 Å². The van der Waals surface area contributed by atoms with Crippen molar-refractivity contribution >= 4 is 20.8 Å². The lowest BCUT2D eigenvalue weighted by atomic mass is 10.2.